The molecule has 0 aromatic heterocycles. The van der Waals surface area contributed by atoms with Crippen LogP contribution in [-0.2, 0) is 9.53 Å². The summed E-state index contributed by atoms with van der Waals surface area (Å²) in [7, 11) is 0. The average molecular weight is 328 g/mol. The van der Waals surface area contributed by atoms with Crippen molar-refractivity contribution in [2.75, 3.05) is 13.1 Å². The Kier molecular flexibility index (Phi) is 6.86. The third-order valence-electron chi connectivity index (χ3n) is 3.97. The second-order valence-corrected chi connectivity index (χ2v) is 7.71. The van der Waals surface area contributed by atoms with E-state index in [-0.39, 0.29) is 23.8 Å². The van der Waals surface area contributed by atoms with Crippen LogP contribution in [0.1, 0.15) is 54.4 Å². The predicted molar refractivity (Wildman–Crippen MR) is 89.0 cm³/mol. The van der Waals surface area contributed by atoms with E-state index in [1.54, 1.807) is 4.90 Å². The van der Waals surface area contributed by atoms with Crippen LogP contribution in [0.3, 0.4) is 0 Å². The third-order valence-corrected chi connectivity index (χ3v) is 3.97. The number of aliphatic hydroxyl groups is 1. The number of hydrogen-bond acceptors (Lipinski definition) is 4. The van der Waals surface area contributed by atoms with Gasteiger partial charge in [0.05, 0.1) is 12.1 Å². The van der Waals surface area contributed by atoms with Gasteiger partial charge in [0.15, 0.2) is 0 Å². The Labute approximate surface area is 139 Å². The van der Waals surface area contributed by atoms with Crippen molar-refractivity contribution in [2.45, 2.75) is 72.1 Å². The number of likely N-dealkylation sites (tertiary alicyclic amines) is 1. The summed E-state index contributed by atoms with van der Waals surface area (Å²) < 4.78 is 5.29. The maximum atomic E-state index is 12.3. The van der Waals surface area contributed by atoms with E-state index in [1.165, 1.54) is 0 Å². The fourth-order valence-corrected chi connectivity index (χ4v) is 2.87. The number of nitrogens with one attached hydrogen (secondary N) is 1. The number of hydrogen-bond donors (Lipinski definition) is 2. The molecule has 3 atom stereocenters. The van der Waals surface area contributed by atoms with E-state index < -0.39 is 17.8 Å². The van der Waals surface area contributed by atoms with Crippen LogP contribution in [0, 0.1) is 11.8 Å². The first-order chi connectivity index (χ1) is 10.5. The minimum Gasteiger partial charge on any atom is -0.444 e. The van der Waals surface area contributed by atoms with Crippen LogP contribution in [0.15, 0.2) is 0 Å². The lowest BCUT2D eigenvalue weighted by molar-refractivity contribution is -0.138. The van der Waals surface area contributed by atoms with Crippen LogP contribution >= 0.6 is 0 Å². The number of ether oxygens (including phenoxy) is 1. The molecular weight excluding hydrogens is 296 g/mol. The summed E-state index contributed by atoms with van der Waals surface area (Å²) in [5.41, 5.74) is -0.561. The zero-order valence-electron chi connectivity index (χ0n) is 15.3. The number of rotatable bonds is 4. The van der Waals surface area contributed by atoms with Crippen LogP contribution in [0.2, 0.25) is 0 Å². The highest BCUT2D eigenvalue weighted by atomic mass is 16.6. The van der Waals surface area contributed by atoms with Crippen molar-refractivity contribution in [1.29, 1.82) is 0 Å². The summed E-state index contributed by atoms with van der Waals surface area (Å²) >= 11 is 0. The average Bonchev–Trinajstić information content (AvgIpc) is 2.42. The molecule has 3 unspecified atom stereocenters. The van der Waals surface area contributed by atoms with E-state index in [0.717, 1.165) is 0 Å². The van der Waals surface area contributed by atoms with E-state index >= 15 is 0 Å². The van der Waals surface area contributed by atoms with Gasteiger partial charge in [-0.3, -0.25) is 4.79 Å². The van der Waals surface area contributed by atoms with Gasteiger partial charge in [-0.15, -0.1) is 0 Å². The summed E-state index contributed by atoms with van der Waals surface area (Å²) in [5.74, 6) is -0.0833. The largest absolute Gasteiger partial charge is 0.444 e. The van der Waals surface area contributed by atoms with E-state index in [2.05, 4.69) is 5.32 Å². The summed E-state index contributed by atoms with van der Waals surface area (Å²) in [5, 5.41) is 13.0. The van der Waals surface area contributed by atoms with Gasteiger partial charge in [0.25, 0.3) is 0 Å². The van der Waals surface area contributed by atoms with Crippen LogP contribution < -0.4 is 5.32 Å². The summed E-state index contributed by atoms with van der Waals surface area (Å²) in [4.78, 5) is 26.0. The maximum absolute atomic E-state index is 12.3. The molecule has 134 valence electrons. The number of nitrogens with zero attached hydrogens (tertiary/aromatic N) is 1. The third kappa shape index (κ3) is 6.37. The lowest BCUT2D eigenvalue weighted by atomic mass is 9.88. The molecule has 1 rings (SSSR count). The van der Waals surface area contributed by atoms with E-state index in [4.69, 9.17) is 4.74 Å². The van der Waals surface area contributed by atoms with Gasteiger partial charge in [-0.25, -0.2) is 4.79 Å². The molecule has 1 saturated heterocycles. The van der Waals surface area contributed by atoms with Gasteiger partial charge in [0.2, 0.25) is 5.91 Å². The molecule has 0 aliphatic carbocycles. The molecule has 2 N–H and O–H groups in total. The van der Waals surface area contributed by atoms with Crippen molar-refractivity contribution in [2.24, 2.45) is 11.8 Å². The second-order valence-electron chi connectivity index (χ2n) is 7.71. The lowest BCUT2D eigenvalue weighted by Crippen LogP contribution is -2.55. The van der Waals surface area contributed by atoms with Gasteiger partial charge in [-0.05, 0) is 33.6 Å². The SMILES string of the molecule is CCC(O)C1CC(NC(=O)OC(C)(C)C)CN(C(=O)C(C)C)C1. The van der Waals surface area contributed by atoms with Gasteiger partial charge in [-0.1, -0.05) is 20.8 Å². The topological polar surface area (TPSA) is 78.9 Å². The Balaban J connectivity index is 2.77. The first-order valence-corrected chi connectivity index (χ1v) is 8.49. The molecule has 0 spiro atoms. The van der Waals surface area contributed by atoms with Crippen molar-refractivity contribution in [3.63, 3.8) is 0 Å². The molecule has 0 saturated carbocycles. The first-order valence-electron chi connectivity index (χ1n) is 8.49. The first kappa shape index (κ1) is 19.7. The lowest BCUT2D eigenvalue weighted by Gasteiger charge is -2.40. The Morgan fingerprint density at radius 1 is 1.30 bits per heavy atom. The number of carbonyl (C=O) groups excluding carboxylic acids is 2. The maximum Gasteiger partial charge on any atom is 0.407 e. The van der Waals surface area contributed by atoms with Gasteiger partial charge < -0.3 is 20.1 Å². The molecular formula is C17H32N2O4. The summed E-state index contributed by atoms with van der Waals surface area (Å²) in [6.07, 6.45) is 0.329. The fraction of sp³-hybridized carbons (Fsp3) is 0.882. The van der Waals surface area contributed by atoms with Crippen LogP contribution in [0.4, 0.5) is 4.79 Å². The van der Waals surface area contributed by atoms with E-state index in [0.29, 0.717) is 25.9 Å². The molecule has 6 nitrogen and oxygen atoms in total. The number of amides is 2. The van der Waals surface area contributed by atoms with Crippen LogP contribution in [0.5, 0.6) is 0 Å². The predicted octanol–water partition coefficient (Wildman–Crippen LogP) is 2.16. The Hall–Kier alpha value is -1.30. The summed E-state index contributed by atoms with van der Waals surface area (Å²) in [6.45, 7) is 12.1. The minimum absolute atomic E-state index is 0.0311. The fourth-order valence-electron chi connectivity index (χ4n) is 2.87. The van der Waals surface area contributed by atoms with Gasteiger partial charge in [0, 0.05) is 24.9 Å². The molecule has 1 heterocycles. The molecule has 1 fully saturated rings. The van der Waals surface area contributed by atoms with Gasteiger partial charge in [-0.2, -0.15) is 0 Å². The van der Waals surface area contributed by atoms with Crippen molar-refractivity contribution in [1.82, 2.24) is 10.2 Å². The van der Waals surface area contributed by atoms with Crippen molar-refractivity contribution in [3.05, 3.63) is 0 Å². The smallest absolute Gasteiger partial charge is 0.407 e. The molecule has 0 radical (unpaired) electrons. The standard InChI is InChI=1S/C17H32N2O4/c1-7-14(20)12-8-13(18-16(22)23-17(4,5)6)10-19(9-12)15(21)11(2)3/h11-14,20H,7-10H2,1-6H3,(H,18,22). The van der Waals surface area contributed by atoms with Crippen molar-refractivity contribution >= 4 is 12.0 Å². The number of carbonyl (C=O) groups is 2. The van der Waals surface area contributed by atoms with Crippen molar-refractivity contribution < 1.29 is 19.4 Å². The monoisotopic (exact) mass is 328 g/mol. The molecule has 1 aliphatic rings. The Bertz CT molecular complexity index is 417. The number of piperidine rings is 1. The van der Waals surface area contributed by atoms with E-state index in [1.807, 2.05) is 41.5 Å². The molecule has 6 heteroatoms. The highest BCUT2D eigenvalue weighted by Crippen LogP contribution is 2.23. The quantitative estimate of drug-likeness (QED) is 0.829. The number of alkyl carbamates (subject to hydrolysis) is 1. The normalized spacial score (nSPS) is 23.6. The zero-order valence-corrected chi connectivity index (χ0v) is 15.3. The Morgan fingerprint density at radius 2 is 1.91 bits per heavy atom. The minimum atomic E-state index is -0.561. The number of aliphatic hydroxyl groups excluding tert-OH is 1. The highest BCUT2D eigenvalue weighted by molar-refractivity contribution is 5.78. The Morgan fingerprint density at radius 3 is 2.39 bits per heavy atom. The summed E-state index contributed by atoms with van der Waals surface area (Å²) in [6, 6.07) is -0.201. The van der Waals surface area contributed by atoms with Crippen LogP contribution in [0.25, 0.3) is 0 Å². The van der Waals surface area contributed by atoms with Crippen LogP contribution in [-0.4, -0.2) is 52.8 Å². The zero-order chi connectivity index (χ0) is 17.8. The van der Waals surface area contributed by atoms with Crippen molar-refractivity contribution in [3.8, 4) is 0 Å². The van der Waals surface area contributed by atoms with E-state index in [9.17, 15) is 14.7 Å². The molecule has 0 aromatic carbocycles. The van der Waals surface area contributed by atoms with Gasteiger partial charge in [0.1, 0.15) is 5.60 Å². The molecule has 2 amide bonds. The highest BCUT2D eigenvalue weighted by Gasteiger charge is 2.35. The molecule has 23 heavy (non-hydrogen) atoms. The molecule has 0 aromatic rings. The van der Waals surface area contributed by atoms with Gasteiger partial charge >= 0.3 is 6.09 Å². The molecule has 0 bridgehead atoms. The second kappa shape index (κ2) is 7.99. The molecule has 1 aliphatic heterocycles.